The quantitative estimate of drug-likeness (QED) is 0.574. The minimum atomic E-state index is 0.174. The lowest BCUT2D eigenvalue weighted by atomic mass is 9.91. The Morgan fingerprint density at radius 2 is 1.89 bits per heavy atom. The van der Waals surface area contributed by atoms with Gasteiger partial charge in [-0.3, -0.25) is 9.78 Å². The Labute approximate surface area is 164 Å². The van der Waals surface area contributed by atoms with E-state index in [-0.39, 0.29) is 11.7 Å². The minimum absolute atomic E-state index is 0.174. The molecule has 5 heteroatoms. The number of ketones is 1. The van der Waals surface area contributed by atoms with E-state index >= 15 is 0 Å². The highest BCUT2D eigenvalue weighted by Gasteiger charge is 2.33. The summed E-state index contributed by atoms with van der Waals surface area (Å²) in [5, 5.41) is 4.75. The number of nitrogens with zero attached hydrogens (tertiary/aromatic N) is 1. The lowest BCUT2D eigenvalue weighted by Gasteiger charge is -2.29. The molecule has 3 aromatic rings. The average molecular weight is 374 g/mol. The summed E-state index contributed by atoms with van der Waals surface area (Å²) >= 11 is 0. The standard InChI is InChI=1S/C23H26N4O/c24-17-4-6-18(7-5-17)27-22-19-11-15(16-9-10-25-12-16)3-8-21(19)26-13-20(22)23(28)14-1-2-14/h3,8-14,17-18,25H,1-2,4-7,24H2,(H,26,27). The van der Waals surface area contributed by atoms with Crippen LogP contribution in [-0.4, -0.2) is 27.8 Å². The number of nitrogens with two attached hydrogens (primary N) is 1. The predicted molar refractivity (Wildman–Crippen MR) is 112 cm³/mol. The van der Waals surface area contributed by atoms with Gasteiger partial charge in [-0.2, -0.15) is 0 Å². The Morgan fingerprint density at radius 3 is 2.61 bits per heavy atom. The van der Waals surface area contributed by atoms with E-state index in [1.54, 1.807) is 6.20 Å². The fraction of sp³-hybridized carbons (Fsp3) is 0.391. The number of fused-ring (bicyclic) bond motifs is 1. The van der Waals surface area contributed by atoms with Crippen molar-refractivity contribution in [3.63, 3.8) is 0 Å². The fourth-order valence-electron chi connectivity index (χ4n) is 4.25. The number of Topliss-reactive ketones (excluding diaryl/α,β-unsaturated/α-hetero) is 1. The number of pyridine rings is 1. The fourth-order valence-corrected chi connectivity index (χ4v) is 4.25. The van der Waals surface area contributed by atoms with Gasteiger partial charge in [-0.1, -0.05) is 6.07 Å². The van der Waals surface area contributed by atoms with E-state index in [0.29, 0.717) is 12.1 Å². The number of nitrogens with one attached hydrogen (secondary N) is 2. The van der Waals surface area contributed by atoms with E-state index in [9.17, 15) is 4.79 Å². The van der Waals surface area contributed by atoms with Crippen molar-refractivity contribution in [2.24, 2.45) is 11.7 Å². The van der Waals surface area contributed by atoms with Crippen molar-refractivity contribution >= 4 is 22.4 Å². The van der Waals surface area contributed by atoms with Crippen molar-refractivity contribution < 1.29 is 4.79 Å². The zero-order chi connectivity index (χ0) is 19.1. The molecule has 0 unspecified atom stereocenters. The number of carbonyl (C=O) groups excluding carboxylic acids is 1. The van der Waals surface area contributed by atoms with Crippen LogP contribution in [0, 0.1) is 5.92 Å². The third-order valence-electron chi connectivity index (χ3n) is 6.13. The maximum absolute atomic E-state index is 13.0. The second kappa shape index (κ2) is 7.06. The molecule has 0 atom stereocenters. The first-order valence-electron chi connectivity index (χ1n) is 10.3. The summed E-state index contributed by atoms with van der Waals surface area (Å²) in [6.45, 7) is 0. The highest BCUT2D eigenvalue weighted by Crippen LogP contribution is 2.38. The number of anilines is 1. The van der Waals surface area contributed by atoms with Crippen LogP contribution in [0.15, 0.2) is 42.9 Å². The first-order chi connectivity index (χ1) is 13.7. The third-order valence-corrected chi connectivity index (χ3v) is 6.13. The normalized spacial score (nSPS) is 22.3. The van der Waals surface area contributed by atoms with E-state index in [2.05, 4.69) is 33.5 Å². The van der Waals surface area contributed by atoms with Gasteiger partial charge in [0.15, 0.2) is 5.78 Å². The highest BCUT2D eigenvalue weighted by molar-refractivity contribution is 6.10. The summed E-state index contributed by atoms with van der Waals surface area (Å²) in [7, 11) is 0. The van der Waals surface area contributed by atoms with Crippen LogP contribution in [0.25, 0.3) is 22.0 Å². The number of aromatic nitrogens is 2. The number of aromatic amines is 1. The average Bonchev–Trinajstić information content (AvgIpc) is 3.43. The molecule has 2 aromatic heterocycles. The molecule has 0 aliphatic heterocycles. The van der Waals surface area contributed by atoms with Crippen LogP contribution in [0.2, 0.25) is 0 Å². The Morgan fingerprint density at radius 1 is 1.07 bits per heavy atom. The maximum Gasteiger partial charge on any atom is 0.169 e. The van der Waals surface area contributed by atoms with Crippen molar-refractivity contribution in [2.75, 3.05) is 5.32 Å². The molecule has 0 radical (unpaired) electrons. The van der Waals surface area contributed by atoms with Crippen LogP contribution in [-0.2, 0) is 0 Å². The third kappa shape index (κ3) is 3.31. The summed E-state index contributed by atoms with van der Waals surface area (Å²) in [4.78, 5) is 20.7. The van der Waals surface area contributed by atoms with Gasteiger partial charge in [-0.05, 0) is 67.9 Å². The summed E-state index contributed by atoms with van der Waals surface area (Å²) < 4.78 is 0. The zero-order valence-electron chi connectivity index (χ0n) is 15.9. The molecule has 5 rings (SSSR count). The number of hydrogen-bond donors (Lipinski definition) is 3. The molecule has 144 valence electrons. The van der Waals surface area contributed by atoms with Crippen LogP contribution < -0.4 is 11.1 Å². The molecule has 0 bridgehead atoms. The number of hydrogen-bond acceptors (Lipinski definition) is 4. The number of rotatable bonds is 5. The Balaban J connectivity index is 1.60. The van der Waals surface area contributed by atoms with E-state index in [4.69, 9.17) is 5.73 Å². The summed E-state index contributed by atoms with van der Waals surface area (Å²) in [6.07, 6.45) is 11.8. The lowest BCUT2D eigenvalue weighted by Crippen LogP contribution is -2.33. The van der Waals surface area contributed by atoms with Gasteiger partial charge in [-0.15, -0.1) is 0 Å². The SMILES string of the molecule is NC1CCC(Nc2c(C(=O)C3CC3)cnc3ccc(-c4cc[nH]c4)cc23)CC1. The number of carbonyl (C=O) groups is 1. The van der Waals surface area contributed by atoms with Crippen molar-refractivity contribution in [1.29, 1.82) is 0 Å². The van der Waals surface area contributed by atoms with Gasteiger partial charge < -0.3 is 16.0 Å². The van der Waals surface area contributed by atoms with E-state index < -0.39 is 0 Å². The molecule has 0 spiro atoms. The van der Waals surface area contributed by atoms with Gasteiger partial charge in [0.25, 0.3) is 0 Å². The van der Waals surface area contributed by atoms with Gasteiger partial charge in [0.05, 0.1) is 16.8 Å². The topological polar surface area (TPSA) is 83.8 Å². The van der Waals surface area contributed by atoms with Crippen molar-refractivity contribution in [2.45, 2.75) is 50.6 Å². The molecule has 28 heavy (non-hydrogen) atoms. The monoisotopic (exact) mass is 374 g/mol. The highest BCUT2D eigenvalue weighted by atomic mass is 16.1. The van der Waals surface area contributed by atoms with E-state index in [1.807, 2.05) is 18.5 Å². The molecule has 2 saturated carbocycles. The largest absolute Gasteiger partial charge is 0.381 e. The van der Waals surface area contributed by atoms with Crippen LogP contribution in [0.1, 0.15) is 48.9 Å². The Bertz CT molecular complexity index is 999. The van der Waals surface area contributed by atoms with Gasteiger partial charge in [0, 0.05) is 42.0 Å². The minimum Gasteiger partial charge on any atom is -0.381 e. The summed E-state index contributed by atoms with van der Waals surface area (Å²) in [5.74, 6) is 0.406. The zero-order valence-corrected chi connectivity index (χ0v) is 15.9. The lowest BCUT2D eigenvalue weighted by molar-refractivity contribution is 0.0968. The van der Waals surface area contributed by atoms with E-state index in [1.165, 1.54) is 0 Å². The molecule has 5 nitrogen and oxygen atoms in total. The molecular formula is C23H26N4O. The molecule has 2 fully saturated rings. The van der Waals surface area contributed by atoms with Crippen LogP contribution >= 0.6 is 0 Å². The molecule has 2 aliphatic rings. The van der Waals surface area contributed by atoms with Gasteiger partial charge in [-0.25, -0.2) is 0 Å². The van der Waals surface area contributed by atoms with Gasteiger partial charge in [0.2, 0.25) is 0 Å². The van der Waals surface area contributed by atoms with Crippen molar-refractivity contribution in [3.05, 3.63) is 48.4 Å². The molecule has 0 saturated heterocycles. The molecule has 2 heterocycles. The maximum atomic E-state index is 13.0. The van der Waals surface area contributed by atoms with Gasteiger partial charge in [0.1, 0.15) is 0 Å². The summed E-state index contributed by atoms with van der Waals surface area (Å²) in [6, 6.07) is 9.01. The predicted octanol–water partition coefficient (Wildman–Crippen LogP) is 4.50. The van der Waals surface area contributed by atoms with Crippen molar-refractivity contribution in [1.82, 2.24) is 9.97 Å². The first-order valence-corrected chi connectivity index (χ1v) is 10.3. The van der Waals surface area contributed by atoms with Crippen LogP contribution in [0.4, 0.5) is 5.69 Å². The van der Waals surface area contributed by atoms with Crippen molar-refractivity contribution in [3.8, 4) is 11.1 Å². The molecule has 0 amide bonds. The molecule has 2 aliphatic carbocycles. The van der Waals surface area contributed by atoms with E-state index in [0.717, 1.165) is 71.8 Å². The number of H-pyrrole nitrogens is 1. The first kappa shape index (κ1) is 17.4. The van der Waals surface area contributed by atoms with Gasteiger partial charge >= 0.3 is 0 Å². The second-order valence-corrected chi connectivity index (χ2v) is 8.27. The molecule has 1 aromatic carbocycles. The Kier molecular flexibility index (Phi) is 4.40. The molecule has 4 N–H and O–H groups in total. The molecular weight excluding hydrogens is 348 g/mol. The smallest absolute Gasteiger partial charge is 0.169 e. The Hall–Kier alpha value is -2.66. The van der Waals surface area contributed by atoms with Crippen LogP contribution in [0.5, 0.6) is 0 Å². The second-order valence-electron chi connectivity index (χ2n) is 8.27. The number of benzene rings is 1. The van der Waals surface area contributed by atoms with Crippen LogP contribution in [0.3, 0.4) is 0 Å². The summed E-state index contributed by atoms with van der Waals surface area (Å²) in [5.41, 5.74) is 11.0.